The van der Waals surface area contributed by atoms with Crippen molar-refractivity contribution in [3.05, 3.63) is 28.8 Å². The quantitative estimate of drug-likeness (QED) is 0.835. The first-order valence-electron chi connectivity index (χ1n) is 5.38. The standard InChI is InChI=1S/C12H16ClNO/c1-15-12-6-5-9(13)8-10(12)11-4-2-3-7-14-11/h5-6,8,11,14H,2-4,7H2,1H3/t11-/m0/s1. The lowest BCUT2D eigenvalue weighted by atomic mass is 9.97. The molecule has 3 heteroatoms. The minimum absolute atomic E-state index is 0.396. The highest BCUT2D eigenvalue weighted by atomic mass is 35.5. The molecule has 0 aromatic heterocycles. The zero-order valence-electron chi connectivity index (χ0n) is 8.92. The molecule has 2 nitrogen and oxygen atoms in total. The Bertz CT molecular complexity index is 334. The molecule has 1 aromatic carbocycles. The molecule has 82 valence electrons. The number of nitrogens with one attached hydrogen (secondary N) is 1. The lowest BCUT2D eigenvalue weighted by Crippen LogP contribution is -2.27. The third-order valence-corrected chi connectivity index (χ3v) is 3.11. The molecule has 1 aliphatic heterocycles. The molecule has 0 spiro atoms. The number of methoxy groups -OCH3 is 1. The van der Waals surface area contributed by atoms with E-state index in [-0.39, 0.29) is 0 Å². The van der Waals surface area contributed by atoms with Gasteiger partial charge < -0.3 is 10.1 Å². The van der Waals surface area contributed by atoms with E-state index in [1.807, 2.05) is 18.2 Å². The SMILES string of the molecule is COc1ccc(Cl)cc1[C@@H]1CCCCN1. The van der Waals surface area contributed by atoms with Crippen LogP contribution in [0.4, 0.5) is 0 Å². The molecule has 0 amide bonds. The first kappa shape index (κ1) is 10.8. The van der Waals surface area contributed by atoms with Crippen molar-refractivity contribution in [3.63, 3.8) is 0 Å². The second-order valence-corrected chi connectivity index (χ2v) is 4.33. The van der Waals surface area contributed by atoms with Crippen molar-refractivity contribution in [2.45, 2.75) is 25.3 Å². The van der Waals surface area contributed by atoms with Crippen LogP contribution in [0, 0.1) is 0 Å². The van der Waals surface area contributed by atoms with Gasteiger partial charge in [0.05, 0.1) is 7.11 Å². The third kappa shape index (κ3) is 2.44. The summed E-state index contributed by atoms with van der Waals surface area (Å²) in [6.07, 6.45) is 3.70. The van der Waals surface area contributed by atoms with Crippen LogP contribution in [0.15, 0.2) is 18.2 Å². The minimum Gasteiger partial charge on any atom is -0.496 e. The molecular formula is C12H16ClNO. The normalized spacial score (nSPS) is 21.3. The van der Waals surface area contributed by atoms with Gasteiger partial charge in [-0.3, -0.25) is 0 Å². The largest absolute Gasteiger partial charge is 0.496 e. The fourth-order valence-corrected chi connectivity index (χ4v) is 2.28. The van der Waals surface area contributed by atoms with Crippen LogP contribution in [0.1, 0.15) is 30.9 Å². The number of piperidine rings is 1. The lowest BCUT2D eigenvalue weighted by Gasteiger charge is -2.25. The molecule has 15 heavy (non-hydrogen) atoms. The summed E-state index contributed by atoms with van der Waals surface area (Å²) in [5, 5.41) is 4.27. The maximum absolute atomic E-state index is 6.01. The number of halogens is 1. The van der Waals surface area contributed by atoms with Crippen LogP contribution in [-0.2, 0) is 0 Å². The number of benzene rings is 1. The van der Waals surface area contributed by atoms with Crippen molar-refractivity contribution in [1.82, 2.24) is 5.32 Å². The van der Waals surface area contributed by atoms with Crippen molar-refractivity contribution < 1.29 is 4.74 Å². The predicted molar refractivity (Wildman–Crippen MR) is 62.6 cm³/mol. The van der Waals surface area contributed by atoms with Gasteiger partial charge in [0, 0.05) is 16.6 Å². The Labute approximate surface area is 95.6 Å². The Balaban J connectivity index is 2.27. The van der Waals surface area contributed by atoms with Gasteiger partial charge in [-0.15, -0.1) is 0 Å². The van der Waals surface area contributed by atoms with E-state index < -0.39 is 0 Å². The molecule has 1 fully saturated rings. The molecule has 1 atom stereocenters. The van der Waals surface area contributed by atoms with E-state index in [2.05, 4.69) is 5.32 Å². The molecule has 0 unspecified atom stereocenters. The highest BCUT2D eigenvalue weighted by Crippen LogP contribution is 2.32. The maximum Gasteiger partial charge on any atom is 0.123 e. The average Bonchev–Trinajstić information content (AvgIpc) is 2.30. The van der Waals surface area contributed by atoms with Crippen molar-refractivity contribution in [3.8, 4) is 5.75 Å². The fraction of sp³-hybridized carbons (Fsp3) is 0.500. The Hall–Kier alpha value is -0.730. The average molecular weight is 226 g/mol. The van der Waals surface area contributed by atoms with Crippen molar-refractivity contribution in [1.29, 1.82) is 0 Å². The van der Waals surface area contributed by atoms with Crippen LogP contribution < -0.4 is 10.1 Å². The number of hydrogen-bond donors (Lipinski definition) is 1. The van der Waals surface area contributed by atoms with Gasteiger partial charge in [0.15, 0.2) is 0 Å². The summed E-state index contributed by atoms with van der Waals surface area (Å²) in [6.45, 7) is 1.08. The Kier molecular flexibility index (Phi) is 3.49. The van der Waals surface area contributed by atoms with E-state index in [4.69, 9.17) is 16.3 Å². The van der Waals surface area contributed by atoms with Gasteiger partial charge in [-0.05, 0) is 37.6 Å². The molecule has 1 aromatic rings. The van der Waals surface area contributed by atoms with Gasteiger partial charge in [0.2, 0.25) is 0 Å². The smallest absolute Gasteiger partial charge is 0.123 e. The van der Waals surface area contributed by atoms with E-state index in [9.17, 15) is 0 Å². The second-order valence-electron chi connectivity index (χ2n) is 3.89. The van der Waals surface area contributed by atoms with Crippen LogP contribution >= 0.6 is 11.6 Å². The lowest BCUT2D eigenvalue weighted by molar-refractivity contribution is 0.373. The first-order valence-corrected chi connectivity index (χ1v) is 5.76. The van der Waals surface area contributed by atoms with Crippen molar-refractivity contribution >= 4 is 11.6 Å². The van der Waals surface area contributed by atoms with E-state index in [0.717, 1.165) is 23.7 Å². The summed E-state index contributed by atoms with van der Waals surface area (Å²) in [6, 6.07) is 6.21. The topological polar surface area (TPSA) is 21.3 Å². The van der Waals surface area contributed by atoms with Gasteiger partial charge in [-0.25, -0.2) is 0 Å². The van der Waals surface area contributed by atoms with Gasteiger partial charge in [0.1, 0.15) is 5.75 Å². The van der Waals surface area contributed by atoms with E-state index in [1.54, 1.807) is 7.11 Å². The van der Waals surface area contributed by atoms with Crippen LogP contribution in [0.25, 0.3) is 0 Å². The minimum atomic E-state index is 0.396. The van der Waals surface area contributed by atoms with Crippen LogP contribution in [0.5, 0.6) is 5.75 Å². The first-order chi connectivity index (χ1) is 7.31. The molecule has 0 radical (unpaired) electrons. The number of hydrogen-bond acceptors (Lipinski definition) is 2. The molecule has 0 saturated carbocycles. The van der Waals surface area contributed by atoms with E-state index >= 15 is 0 Å². The molecule has 2 rings (SSSR count). The van der Waals surface area contributed by atoms with Crippen LogP contribution in [-0.4, -0.2) is 13.7 Å². The predicted octanol–water partition coefficient (Wildman–Crippen LogP) is 3.16. The summed E-state index contributed by atoms with van der Waals surface area (Å²) in [5.41, 5.74) is 1.18. The number of ether oxygens (including phenoxy) is 1. The monoisotopic (exact) mass is 225 g/mol. The molecule has 1 heterocycles. The summed E-state index contributed by atoms with van der Waals surface area (Å²) in [4.78, 5) is 0. The molecule has 1 saturated heterocycles. The summed E-state index contributed by atoms with van der Waals surface area (Å²) in [7, 11) is 1.70. The number of rotatable bonds is 2. The molecular weight excluding hydrogens is 210 g/mol. The highest BCUT2D eigenvalue weighted by Gasteiger charge is 2.18. The third-order valence-electron chi connectivity index (χ3n) is 2.88. The second kappa shape index (κ2) is 4.86. The van der Waals surface area contributed by atoms with Crippen LogP contribution in [0.2, 0.25) is 5.02 Å². The Morgan fingerprint density at radius 2 is 2.27 bits per heavy atom. The zero-order valence-corrected chi connectivity index (χ0v) is 9.68. The van der Waals surface area contributed by atoms with E-state index in [0.29, 0.717) is 6.04 Å². The van der Waals surface area contributed by atoms with Gasteiger partial charge >= 0.3 is 0 Å². The zero-order chi connectivity index (χ0) is 10.7. The summed E-state index contributed by atoms with van der Waals surface area (Å²) >= 11 is 6.01. The molecule has 0 bridgehead atoms. The Morgan fingerprint density at radius 1 is 1.40 bits per heavy atom. The fourth-order valence-electron chi connectivity index (χ4n) is 2.09. The maximum atomic E-state index is 6.01. The summed E-state index contributed by atoms with van der Waals surface area (Å²) < 4.78 is 5.35. The van der Waals surface area contributed by atoms with Crippen molar-refractivity contribution in [2.75, 3.05) is 13.7 Å². The van der Waals surface area contributed by atoms with Gasteiger partial charge in [-0.2, -0.15) is 0 Å². The molecule has 0 aliphatic carbocycles. The van der Waals surface area contributed by atoms with E-state index in [1.165, 1.54) is 18.4 Å². The van der Waals surface area contributed by atoms with Gasteiger partial charge in [0.25, 0.3) is 0 Å². The molecule has 1 aliphatic rings. The van der Waals surface area contributed by atoms with Crippen LogP contribution in [0.3, 0.4) is 0 Å². The Morgan fingerprint density at radius 3 is 2.93 bits per heavy atom. The van der Waals surface area contributed by atoms with Gasteiger partial charge in [-0.1, -0.05) is 18.0 Å². The highest BCUT2D eigenvalue weighted by molar-refractivity contribution is 6.30. The molecule has 1 N–H and O–H groups in total. The summed E-state index contributed by atoms with van der Waals surface area (Å²) in [5.74, 6) is 0.929. The van der Waals surface area contributed by atoms with Crippen molar-refractivity contribution in [2.24, 2.45) is 0 Å².